The molecule has 1 aromatic carbocycles. The number of carbonyl (C=O) groups is 1. The lowest BCUT2D eigenvalue weighted by Crippen LogP contribution is -2.34. The Morgan fingerprint density at radius 3 is 2.62 bits per heavy atom. The summed E-state index contributed by atoms with van der Waals surface area (Å²) in [7, 11) is 1.68. The molecule has 0 aromatic heterocycles. The average Bonchev–Trinajstić information content (AvgIpc) is 2.29. The van der Waals surface area contributed by atoms with Crippen molar-refractivity contribution in [1.29, 1.82) is 0 Å². The number of carbonyl (C=O) groups excluding carboxylic acids is 1. The zero-order valence-electron chi connectivity index (χ0n) is 9.77. The second kappa shape index (κ2) is 4.88. The predicted octanol–water partition coefficient (Wildman–Crippen LogP) is 1.97. The summed E-state index contributed by atoms with van der Waals surface area (Å²) < 4.78 is 0. The van der Waals surface area contributed by atoms with Crippen molar-refractivity contribution in [3.8, 4) is 11.5 Å². The molecule has 0 radical (unpaired) electrons. The lowest BCUT2D eigenvalue weighted by atomic mass is 10.1. The number of aromatic hydroxyl groups is 2. The van der Waals surface area contributed by atoms with Gasteiger partial charge in [-0.15, -0.1) is 0 Å². The van der Waals surface area contributed by atoms with Gasteiger partial charge in [-0.05, 0) is 31.5 Å². The summed E-state index contributed by atoms with van der Waals surface area (Å²) in [6, 6.07) is 4.02. The number of hydrogen-bond acceptors (Lipinski definition) is 3. The first kappa shape index (κ1) is 12.4. The summed E-state index contributed by atoms with van der Waals surface area (Å²) in [4.78, 5) is 13.5. The zero-order valence-corrected chi connectivity index (χ0v) is 9.77. The van der Waals surface area contributed by atoms with Crippen molar-refractivity contribution in [3.05, 3.63) is 23.8 Å². The third-order valence-corrected chi connectivity index (χ3v) is 2.78. The Morgan fingerprint density at radius 2 is 2.06 bits per heavy atom. The quantitative estimate of drug-likeness (QED) is 0.770. The highest BCUT2D eigenvalue weighted by Gasteiger charge is 2.19. The Morgan fingerprint density at radius 1 is 1.44 bits per heavy atom. The van der Waals surface area contributed by atoms with E-state index in [4.69, 9.17) is 0 Å². The van der Waals surface area contributed by atoms with Gasteiger partial charge in [-0.3, -0.25) is 4.79 Å². The molecule has 1 amide bonds. The molecular formula is C12H17NO3. The molecule has 2 N–H and O–H groups in total. The molecule has 88 valence electrons. The van der Waals surface area contributed by atoms with E-state index in [0.29, 0.717) is 0 Å². The summed E-state index contributed by atoms with van der Waals surface area (Å²) in [6.07, 6.45) is 0.835. The van der Waals surface area contributed by atoms with Gasteiger partial charge in [-0.25, -0.2) is 0 Å². The summed E-state index contributed by atoms with van der Waals surface area (Å²) in [6.45, 7) is 3.91. The number of phenolic OH excluding ortho intramolecular Hbond substituents is 2. The second-order valence-electron chi connectivity index (χ2n) is 3.87. The minimum absolute atomic E-state index is 0.0290. The maximum absolute atomic E-state index is 12.0. The molecule has 0 saturated heterocycles. The number of hydrogen-bond donors (Lipinski definition) is 2. The van der Waals surface area contributed by atoms with Crippen molar-refractivity contribution in [2.24, 2.45) is 0 Å². The minimum atomic E-state index is -0.289. The number of nitrogens with zero attached hydrogens (tertiary/aromatic N) is 1. The second-order valence-corrected chi connectivity index (χ2v) is 3.87. The van der Waals surface area contributed by atoms with Gasteiger partial charge >= 0.3 is 0 Å². The molecule has 1 rings (SSSR count). The summed E-state index contributed by atoms with van der Waals surface area (Å²) in [5, 5.41) is 18.8. The van der Waals surface area contributed by atoms with E-state index in [1.165, 1.54) is 18.2 Å². The summed E-state index contributed by atoms with van der Waals surface area (Å²) in [5.41, 5.74) is 0.128. The topological polar surface area (TPSA) is 60.8 Å². The average molecular weight is 223 g/mol. The fraction of sp³-hybridized carbons (Fsp3) is 0.417. The molecule has 0 aliphatic carbocycles. The third-order valence-electron chi connectivity index (χ3n) is 2.78. The molecule has 0 heterocycles. The number of phenols is 2. The smallest absolute Gasteiger partial charge is 0.257 e. The maximum Gasteiger partial charge on any atom is 0.257 e. The van der Waals surface area contributed by atoms with Crippen LogP contribution in [0.4, 0.5) is 0 Å². The van der Waals surface area contributed by atoms with Crippen molar-refractivity contribution in [2.45, 2.75) is 26.3 Å². The highest BCUT2D eigenvalue weighted by atomic mass is 16.3. The van der Waals surface area contributed by atoms with E-state index in [1.807, 2.05) is 13.8 Å². The largest absolute Gasteiger partial charge is 0.508 e. The van der Waals surface area contributed by atoms with Gasteiger partial charge in [0.2, 0.25) is 0 Å². The van der Waals surface area contributed by atoms with Crippen molar-refractivity contribution < 1.29 is 15.0 Å². The van der Waals surface area contributed by atoms with Crippen molar-refractivity contribution >= 4 is 5.91 Å². The van der Waals surface area contributed by atoms with Gasteiger partial charge < -0.3 is 15.1 Å². The van der Waals surface area contributed by atoms with Gasteiger partial charge in [0, 0.05) is 13.1 Å². The van der Waals surface area contributed by atoms with Crippen LogP contribution in [-0.2, 0) is 0 Å². The van der Waals surface area contributed by atoms with E-state index >= 15 is 0 Å². The van der Waals surface area contributed by atoms with Crippen LogP contribution in [0, 0.1) is 0 Å². The Kier molecular flexibility index (Phi) is 3.77. The molecule has 0 fully saturated rings. The number of amides is 1. The van der Waals surface area contributed by atoms with Gasteiger partial charge in [-0.2, -0.15) is 0 Å². The van der Waals surface area contributed by atoms with Crippen LogP contribution in [0.3, 0.4) is 0 Å². The number of rotatable bonds is 3. The van der Waals surface area contributed by atoms with E-state index < -0.39 is 0 Å². The molecule has 1 atom stereocenters. The monoisotopic (exact) mass is 223 g/mol. The van der Waals surface area contributed by atoms with E-state index in [-0.39, 0.29) is 29.0 Å². The molecule has 0 saturated carbocycles. The van der Waals surface area contributed by atoms with Crippen LogP contribution in [0.25, 0.3) is 0 Å². The highest BCUT2D eigenvalue weighted by molar-refractivity contribution is 5.97. The van der Waals surface area contributed by atoms with E-state index in [0.717, 1.165) is 6.42 Å². The van der Waals surface area contributed by atoms with Gasteiger partial charge in [-0.1, -0.05) is 6.92 Å². The maximum atomic E-state index is 12.0. The molecule has 4 nitrogen and oxygen atoms in total. The zero-order chi connectivity index (χ0) is 12.3. The first-order valence-electron chi connectivity index (χ1n) is 5.26. The Bertz CT molecular complexity index is 390. The summed E-state index contributed by atoms with van der Waals surface area (Å²) in [5.74, 6) is -0.431. The Balaban J connectivity index is 3.00. The van der Waals surface area contributed by atoms with Gasteiger partial charge in [0.1, 0.15) is 11.5 Å². The SMILES string of the molecule is CCC(C)N(C)C(=O)c1cc(O)ccc1O. The van der Waals surface area contributed by atoms with E-state index in [2.05, 4.69) is 0 Å². The van der Waals surface area contributed by atoms with Gasteiger partial charge in [0.25, 0.3) is 5.91 Å². The molecule has 0 aliphatic heterocycles. The first-order chi connectivity index (χ1) is 7.47. The Hall–Kier alpha value is -1.71. The fourth-order valence-electron chi connectivity index (χ4n) is 1.36. The van der Waals surface area contributed by atoms with Crippen LogP contribution in [-0.4, -0.2) is 34.1 Å². The van der Waals surface area contributed by atoms with Crippen LogP contribution in [0.2, 0.25) is 0 Å². The van der Waals surface area contributed by atoms with Crippen molar-refractivity contribution in [3.63, 3.8) is 0 Å². The van der Waals surface area contributed by atoms with E-state index in [1.54, 1.807) is 11.9 Å². The Labute approximate surface area is 95.1 Å². The number of benzene rings is 1. The van der Waals surface area contributed by atoms with E-state index in [9.17, 15) is 15.0 Å². The minimum Gasteiger partial charge on any atom is -0.508 e. The van der Waals surface area contributed by atoms with Crippen LogP contribution in [0.5, 0.6) is 11.5 Å². The normalized spacial score (nSPS) is 12.2. The molecule has 16 heavy (non-hydrogen) atoms. The lowest BCUT2D eigenvalue weighted by Gasteiger charge is -2.24. The van der Waals surface area contributed by atoms with Crippen LogP contribution >= 0.6 is 0 Å². The summed E-state index contributed by atoms with van der Waals surface area (Å²) >= 11 is 0. The van der Waals surface area contributed by atoms with Crippen LogP contribution in [0.15, 0.2) is 18.2 Å². The first-order valence-corrected chi connectivity index (χ1v) is 5.26. The van der Waals surface area contributed by atoms with Crippen LogP contribution in [0.1, 0.15) is 30.6 Å². The molecule has 1 aromatic rings. The molecule has 4 heteroatoms. The third kappa shape index (κ3) is 2.45. The molecule has 0 spiro atoms. The van der Waals surface area contributed by atoms with Crippen molar-refractivity contribution in [1.82, 2.24) is 4.90 Å². The van der Waals surface area contributed by atoms with Crippen LogP contribution < -0.4 is 0 Å². The van der Waals surface area contributed by atoms with Gasteiger partial charge in [0.15, 0.2) is 0 Å². The fourth-order valence-corrected chi connectivity index (χ4v) is 1.36. The molecule has 0 bridgehead atoms. The molecule has 0 aliphatic rings. The lowest BCUT2D eigenvalue weighted by molar-refractivity contribution is 0.0737. The predicted molar refractivity (Wildman–Crippen MR) is 61.6 cm³/mol. The van der Waals surface area contributed by atoms with Crippen molar-refractivity contribution in [2.75, 3.05) is 7.05 Å². The van der Waals surface area contributed by atoms with Gasteiger partial charge in [0.05, 0.1) is 5.56 Å². The molecular weight excluding hydrogens is 206 g/mol. The highest BCUT2D eigenvalue weighted by Crippen LogP contribution is 2.23. The molecule has 1 unspecified atom stereocenters. The standard InChI is InChI=1S/C12H17NO3/c1-4-8(2)13(3)12(16)10-7-9(14)5-6-11(10)15/h5-8,14-15H,4H2,1-3H3.